The smallest absolute Gasteiger partial charge is 0.309 e. The molecule has 1 aromatic rings. The Morgan fingerprint density at radius 1 is 0.905 bits per heavy atom. The summed E-state index contributed by atoms with van der Waals surface area (Å²) >= 11 is 0. The number of alkyl halides is 6. The van der Waals surface area contributed by atoms with Crippen molar-refractivity contribution in [3.05, 3.63) is 34.9 Å². The van der Waals surface area contributed by atoms with E-state index in [4.69, 9.17) is 0 Å². The molecule has 120 valence electrons. The molecule has 1 unspecified atom stereocenters. The lowest BCUT2D eigenvalue weighted by molar-refractivity contribution is -0.292. The van der Waals surface area contributed by atoms with E-state index in [0.717, 1.165) is 0 Å². The summed E-state index contributed by atoms with van der Waals surface area (Å²) in [5.74, 6) is -3.44. The summed E-state index contributed by atoms with van der Waals surface area (Å²) < 4.78 is 77.5. The van der Waals surface area contributed by atoms with Crippen LogP contribution in [-0.4, -0.2) is 18.9 Å². The van der Waals surface area contributed by atoms with Gasteiger partial charge in [0.1, 0.15) is 0 Å². The third-order valence-electron chi connectivity index (χ3n) is 3.07. The number of nitrogens with one attached hydrogen (secondary N) is 1. The first kappa shape index (κ1) is 17.8. The van der Waals surface area contributed by atoms with E-state index in [2.05, 4.69) is 5.32 Å². The van der Waals surface area contributed by atoms with Crippen LogP contribution in [0.2, 0.25) is 0 Å². The van der Waals surface area contributed by atoms with Gasteiger partial charge in [-0.1, -0.05) is 36.2 Å². The number of rotatable bonds is 4. The van der Waals surface area contributed by atoms with E-state index in [-0.39, 0.29) is 12.1 Å². The summed E-state index contributed by atoms with van der Waals surface area (Å²) in [6, 6.07) is 2.55. The summed E-state index contributed by atoms with van der Waals surface area (Å²) in [4.78, 5) is 0. The van der Waals surface area contributed by atoms with Crippen LogP contribution in [-0.2, 0) is 0 Å². The molecule has 21 heavy (non-hydrogen) atoms. The van der Waals surface area contributed by atoms with Gasteiger partial charge in [-0.3, -0.25) is 0 Å². The number of benzene rings is 1. The molecule has 0 spiro atoms. The Hall–Kier alpha value is -1.24. The second-order valence-corrected chi connectivity index (χ2v) is 5.02. The fourth-order valence-electron chi connectivity index (χ4n) is 2.40. The molecule has 0 heterocycles. The normalized spacial score (nSPS) is 14.6. The van der Waals surface area contributed by atoms with E-state index in [0.29, 0.717) is 11.1 Å². The largest absolute Gasteiger partial charge is 0.402 e. The highest BCUT2D eigenvalue weighted by atomic mass is 19.4. The van der Waals surface area contributed by atoms with E-state index in [1.165, 1.54) is 19.1 Å². The zero-order valence-corrected chi connectivity index (χ0v) is 11.9. The lowest BCUT2D eigenvalue weighted by Gasteiger charge is -2.31. The minimum atomic E-state index is -5.37. The summed E-state index contributed by atoms with van der Waals surface area (Å²) in [5.41, 5.74) is 1.24. The molecule has 0 saturated heterocycles. The van der Waals surface area contributed by atoms with Crippen LogP contribution in [0.1, 0.15) is 29.7 Å². The Morgan fingerprint density at radius 2 is 1.33 bits per heavy atom. The predicted octanol–water partition coefficient (Wildman–Crippen LogP) is 4.69. The number of hydrogen-bond donors (Lipinski definition) is 1. The van der Waals surface area contributed by atoms with Gasteiger partial charge >= 0.3 is 12.4 Å². The minimum absolute atomic E-state index is 0.000314. The first-order valence-corrected chi connectivity index (χ1v) is 6.41. The van der Waals surface area contributed by atoms with Gasteiger partial charge in [-0.05, 0) is 26.0 Å². The van der Waals surface area contributed by atoms with Gasteiger partial charge in [-0.25, -0.2) is 0 Å². The molecule has 0 radical (unpaired) electrons. The van der Waals surface area contributed by atoms with Crippen LogP contribution in [0, 0.1) is 19.8 Å². The van der Waals surface area contributed by atoms with Crippen molar-refractivity contribution in [2.24, 2.45) is 5.92 Å². The molecule has 0 saturated carbocycles. The van der Waals surface area contributed by atoms with Crippen LogP contribution in [0.4, 0.5) is 26.3 Å². The standard InChI is InChI=1S/C14H17F6N/c1-4-21-11(10-6-8(2)5-9(3)7-10)12(13(15,16)17)14(18,19)20/h5-7,11-12,21H,4H2,1-3H3. The summed E-state index contributed by atoms with van der Waals surface area (Å²) in [5, 5.41) is 2.33. The van der Waals surface area contributed by atoms with Crippen LogP contribution >= 0.6 is 0 Å². The Morgan fingerprint density at radius 3 is 1.67 bits per heavy atom. The van der Waals surface area contributed by atoms with Gasteiger partial charge in [-0.15, -0.1) is 0 Å². The third-order valence-corrected chi connectivity index (χ3v) is 3.07. The predicted molar refractivity (Wildman–Crippen MR) is 67.9 cm³/mol. The van der Waals surface area contributed by atoms with Gasteiger partial charge < -0.3 is 5.32 Å². The molecule has 0 aliphatic rings. The van der Waals surface area contributed by atoms with Crippen molar-refractivity contribution in [3.8, 4) is 0 Å². The number of halogens is 6. The molecule has 1 N–H and O–H groups in total. The molecule has 0 fully saturated rings. The first-order chi connectivity index (χ1) is 9.46. The second-order valence-electron chi connectivity index (χ2n) is 5.02. The quantitative estimate of drug-likeness (QED) is 0.795. The van der Waals surface area contributed by atoms with E-state index in [1.807, 2.05) is 0 Å². The lowest BCUT2D eigenvalue weighted by atomic mass is 9.90. The lowest BCUT2D eigenvalue weighted by Crippen LogP contribution is -2.45. The molecular formula is C14H17F6N. The highest BCUT2D eigenvalue weighted by molar-refractivity contribution is 5.31. The molecule has 1 atom stereocenters. The zero-order chi connectivity index (χ0) is 16.4. The monoisotopic (exact) mass is 313 g/mol. The van der Waals surface area contributed by atoms with Gasteiger partial charge in [-0.2, -0.15) is 26.3 Å². The highest BCUT2D eigenvalue weighted by Crippen LogP contribution is 2.46. The summed E-state index contributed by atoms with van der Waals surface area (Å²) in [7, 11) is 0. The van der Waals surface area contributed by atoms with Gasteiger partial charge in [0.15, 0.2) is 5.92 Å². The number of aryl methyl sites for hydroxylation is 2. The third kappa shape index (κ3) is 4.62. The van der Waals surface area contributed by atoms with Crippen molar-refractivity contribution in [1.29, 1.82) is 0 Å². The maximum absolute atomic E-state index is 12.9. The van der Waals surface area contributed by atoms with Crippen molar-refractivity contribution in [1.82, 2.24) is 5.32 Å². The van der Waals surface area contributed by atoms with Gasteiger partial charge in [0.05, 0.1) is 6.04 Å². The molecule has 7 heteroatoms. The molecule has 1 nitrogen and oxygen atoms in total. The average molecular weight is 313 g/mol. The van der Waals surface area contributed by atoms with Crippen molar-refractivity contribution in [3.63, 3.8) is 0 Å². The summed E-state index contributed by atoms with van der Waals surface area (Å²) in [6.07, 6.45) is -10.7. The average Bonchev–Trinajstić information content (AvgIpc) is 2.23. The van der Waals surface area contributed by atoms with Crippen LogP contribution in [0.25, 0.3) is 0 Å². The topological polar surface area (TPSA) is 12.0 Å². The van der Waals surface area contributed by atoms with E-state index < -0.39 is 24.3 Å². The van der Waals surface area contributed by atoms with E-state index in [9.17, 15) is 26.3 Å². The molecule has 0 aliphatic carbocycles. The van der Waals surface area contributed by atoms with Crippen molar-refractivity contribution < 1.29 is 26.3 Å². The molecule has 0 bridgehead atoms. The number of hydrogen-bond acceptors (Lipinski definition) is 1. The van der Waals surface area contributed by atoms with Crippen LogP contribution in [0.5, 0.6) is 0 Å². The Balaban J connectivity index is 3.37. The van der Waals surface area contributed by atoms with Crippen molar-refractivity contribution in [2.45, 2.75) is 39.2 Å². The maximum atomic E-state index is 12.9. The van der Waals surface area contributed by atoms with E-state index >= 15 is 0 Å². The Labute approximate surface area is 119 Å². The SMILES string of the molecule is CCNC(c1cc(C)cc(C)c1)C(C(F)(F)F)C(F)(F)F. The van der Waals surface area contributed by atoms with Crippen LogP contribution in [0.15, 0.2) is 18.2 Å². The molecule has 0 amide bonds. The van der Waals surface area contributed by atoms with Gasteiger partial charge in [0.25, 0.3) is 0 Å². The van der Waals surface area contributed by atoms with Crippen molar-refractivity contribution >= 4 is 0 Å². The molecular weight excluding hydrogens is 296 g/mol. The Bertz CT molecular complexity index is 443. The molecule has 0 aliphatic heterocycles. The minimum Gasteiger partial charge on any atom is -0.309 e. The fourth-order valence-corrected chi connectivity index (χ4v) is 2.40. The Kier molecular flexibility index (Phi) is 5.30. The zero-order valence-electron chi connectivity index (χ0n) is 11.9. The molecule has 0 aromatic heterocycles. The van der Waals surface area contributed by atoms with Gasteiger partial charge in [0, 0.05) is 0 Å². The molecule has 1 aromatic carbocycles. The first-order valence-electron chi connectivity index (χ1n) is 6.41. The fraction of sp³-hybridized carbons (Fsp3) is 0.571. The summed E-state index contributed by atoms with van der Waals surface area (Å²) in [6.45, 7) is 4.74. The van der Waals surface area contributed by atoms with Crippen molar-refractivity contribution in [2.75, 3.05) is 6.54 Å². The van der Waals surface area contributed by atoms with Gasteiger partial charge in [0.2, 0.25) is 0 Å². The maximum Gasteiger partial charge on any atom is 0.402 e. The highest BCUT2D eigenvalue weighted by Gasteiger charge is 2.60. The van der Waals surface area contributed by atoms with E-state index in [1.54, 1.807) is 19.9 Å². The second kappa shape index (κ2) is 6.25. The molecule has 1 rings (SSSR count). The van der Waals surface area contributed by atoms with Crippen LogP contribution < -0.4 is 5.32 Å². The van der Waals surface area contributed by atoms with Crippen LogP contribution in [0.3, 0.4) is 0 Å².